The van der Waals surface area contributed by atoms with E-state index < -0.39 is 0 Å². The molecule has 70 valence electrons. The van der Waals surface area contributed by atoms with Gasteiger partial charge in [-0.2, -0.15) is 0 Å². The maximum Gasteiger partial charge on any atom is 0.229 e. The third kappa shape index (κ3) is 2.08. The molecule has 0 saturated heterocycles. The summed E-state index contributed by atoms with van der Waals surface area (Å²) < 4.78 is 0.985. The Morgan fingerprint density at radius 1 is 1.69 bits per heavy atom. The fourth-order valence-corrected chi connectivity index (χ4v) is 2.23. The first-order valence-corrected chi connectivity index (χ1v) is 5.71. The summed E-state index contributed by atoms with van der Waals surface area (Å²) in [4.78, 5) is 15.5. The number of aromatic nitrogens is 1. The molecule has 1 saturated carbocycles. The normalized spacial score (nSPS) is 15.8. The van der Waals surface area contributed by atoms with Crippen LogP contribution in [0, 0.1) is 12.8 Å². The second kappa shape index (κ2) is 3.38. The molecule has 1 heterocycles. The van der Waals surface area contributed by atoms with E-state index in [1.54, 1.807) is 0 Å². The largest absolute Gasteiger partial charge is 0.302 e. The van der Waals surface area contributed by atoms with Crippen LogP contribution in [-0.4, -0.2) is 10.9 Å². The minimum absolute atomic E-state index is 0.112. The number of carbonyl (C=O) groups excluding carboxylic acids is 1. The van der Waals surface area contributed by atoms with Crippen LogP contribution >= 0.6 is 27.3 Å². The first kappa shape index (κ1) is 9.15. The van der Waals surface area contributed by atoms with Gasteiger partial charge in [0, 0.05) is 5.92 Å². The summed E-state index contributed by atoms with van der Waals surface area (Å²) >= 11 is 4.82. The minimum Gasteiger partial charge on any atom is -0.302 e. The first-order valence-electron chi connectivity index (χ1n) is 4.10. The van der Waals surface area contributed by atoms with Gasteiger partial charge in [-0.1, -0.05) is 11.3 Å². The molecule has 0 aromatic carbocycles. The Kier molecular flexibility index (Phi) is 2.38. The molecule has 13 heavy (non-hydrogen) atoms. The summed E-state index contributed by atoms with van der Waals surface area (Å²) in [5.41, 5.74) is 0.927. The molecular formula is C8H9BrN2OS. The van der Waals surface area contributed by atoms with Gasteiger partial charge in [0.1, 0.15) is 0 Å². The number of halogens is 1. The number of hydrogen-bond donors (Lipinski definition) is 1. The molecule has 1 fully saturated rings. The number of aryl methyl sites for hydroxylation is 1. The number of hydrogen-bond acceptors (Lipinski definition) is 3. The SMILES string of the molecule is Cc1nc(NC(=O)C2CC2)sc1Br. The molecule has 0 spiro atoms. The fraction of sp³-hybridized carbons (Fsp3) is 0.500. The third-order valence-electron chi connectivity index (χ3n) is 1.92. The van der Waals surface area contributed by atoms with Crippen molar-refractivity contribution in [2.45, 2.75) is 19.8 Å². The van der Waals surface area contributed by atoms with Crippen LogP contribution in [0.4, 0.5) is 5.13 Å². The molecule has 1 aliphatic rings. The van der Waals surface area contributed by atoms with Crippen molar-refractivity contribution in [3.05, 3.63) is 9.48 Å². The van der Waals surface area contributed by atoms with Gasteiger partial charge in [0.25, 0.3) is 0 Å². The highest BCUT2D eigenvalue weighted by Crippen LogP contribution is 2.32. The Morgan fingerprint density at radius 2 is 2.38 bits per heavy atom. The summed E-state index contributed by atoms with van der Waals surface area (Å²) in [5, 5.41) is 3.50. The van der Waals surface area contributed by atoms with E-state index in [1.165, 1.54) is 11.3 Å². The molecule has 1 N–H and O–H groups in total. The fourth-order valence-electron chi connectivity index (χ4n) is 0.984. The molecule has 3 nitrogen and oxygen atoms in total. The highest BCUT2D eigenvalue weighted by atomic mass is 79.9. The second-order valence-electron chi connectivity index (χ2n) is 3.14. The lowest BCUT2D eigenvalue weighted by atomic mass is 10.4. The molecule has 0 atom stereocenters. The summed E-state index contributed by atoms with van der Waals surface area (Å²) in [6.07, 6.45) is 2.05. The van der Waals surface area contributed by atoms with E-state index in [9.17, 15) is 4.79 Å². The first-order chi connectivity index (χ1) is 6.16. The molecule has 2 rings (SSSR count). The van der Waals surface area contributed by atoms with Crippen LogP contribution < -0.4 is 5.32 Å². The molecule has 0 unspecified atom stereocenters. The molecule has 0 radical (unpaired) electrons. The van der Waals surface area contributed by atoms with Crippen molar-refractivity contribution in [2.75, 3.05) is 5.32 Å². The number of rotatable bonds is 2. The molecule has 1 aromatic rings. The van der Waals surface area contributed by atoms with E-state index in [0.29, 0.717) is 5.13 Å². The number of nitrogens with zero attached hydrogens (tertiary/aromatic N) is 1. The lowest BCUT2D eigenvalue weighted by Gasteiger charge is -1.96. The van der Waals surface area contributed by atoms with Gasteiger partial charge in [0.15, 0.2) is 5.13 Å². The average molecular weight is 261 g/mol. The van der Waals surface area contributed by atoms with Crippen LogP contribution in [0.25, 0.3) is 0 Å². The Labute approximate surface area is 88.7 Å². The van der Waals surface area contributed by atoms with Crippen molar-refractivity contribution in [3.63, 3.8) is 0 Å². The Bertz CT molecular complexity index is 326. The van der Waals surface area contributed by atoms with E-state index in [4.69, 9.17) is 0 Å². The predicted molar refractivity (Wildman–Crippen MR) is 55.9 cm³/mol. The summed E-state index contributed by atoms with van der Waals surface area (Å²) in [6, 6.07) is 0. The zero-order chi connectivity index (χ0) is 9.42. The van der Waals surface area contributed by atoms with Gasteiger partial charge in [-0.3, -0.25) is 4.79 Å². The highest BCUT2D eigenvalue weighted by Gasteiger charge is 2.30. The quantitative estimate of drug-likeness (QED) is 0.888. The number of nitrogens with one attached hydrogen (secondary N) is 1. The van der Waals surface area contributed by atoms with Crippen LogP contribution in [-0.2, 0) is 4.79 Å². The van der Waals surface area contributed by atoms with E-state index in [2.05, 4.69) is 26.2 Å². The highest BCUT2D eigenvalue weighted by molar-refractivity contribution is 9.11. The topological polar surface area (TPSA) is 42.0 Å². The monoisotopic (exact) mass is 260 g/mol. The van der Waals surface area contributed by atoms with Crippen molar-refractivity contribution in [1.29, 1.82) is 0 Å². The minimum atomic E-state index is 0.112. The molecule has 0 aliphatic heterocycles. The number of anilines is 1. The number of thiazole rings is 1. The van der Waals surface area contributed by atoms with Crippen molar-refractivity contribution in [1.82, 2.24) is 4.98 Å². The average Bonchev–Trinajstić information content (AvgIpc) is 2.81. The van der Waals surface area contributed by atoms with Gasteiger partial charge >= 0.3 is 0 Å². The number of carbonyl (C=O) groups is 1. The lowest BCUT2D eigenvalue weighted by Crippen LogP contribution is -2.12. The van der Waals surface area contributed by atoms with E-state index in [-0.39, 0.29) is 11.8 Å². The maximum absolute atomic E-state index is 11.3. The maximum atomic E-state index is 11.3. The Morgan fingerprint density at radius 3 is 2.85 bits per heavy atom. The van der Waals surface area contributed by atoms with Crippen molar-refractivity contribution in [3.8, 4) is 0 Å². The van der Waals surface area contributed by atoms with Crippen LogP contribution in [0.1, 0.15) is 18.5 Å². The lowest BCUT2D eigenvalue weighted by molar-refractivity contribution is -0.117. The Hall–Kier alpha value is -0.420. The molecule has 1 aliphatic carbocycles. The van der Waals surface area contributed by atoms with Crippen molar-refractivity contribution >= 4 is 38.3 Å². The molecular weight excluding hydrogens is 252 g/mol. The molecule has 1 amide bonds. The van der Waals surface area contributed by atoms with Gasteiger partial charge in [-0.15, -0.1) is 0 Å². The van der Waals surface area contributed by atoms with E-state index in [0.717, 1.165) is 22.3 Å². The van der Waals surface area contributed by atoms with Crippen molar-refractivity contribution < 1.29 is 4.79 Å². The predicted octanol–water partition coefficient (Wildman–Crippen LogP) is 2.56. The van der Waals surface area contributed by atoms with Crippen molar-refractivity contribution in [2.24, 2.45) is 5.92 Å². The van der Waals surface area contributed by atoms with E-state index in [1.807, 2.05) is 6.92 Å². The van der Waals surface area contributed by atoms with Crippen LogP contribution in [0.2, 0.25) is 0 Å². The third-order valence-corrected chi connectivity index (χ3v) is 3.84. The zero-order valence-corrected chi connectivity index (χ0v) is 9.54. The molecule has 1 aromatic heterocycles. The summed E-state index contributed by atoms with van der Waals surface area (Å²) in [6.45, 7) is 1.91. The van der Waals surface area contributed by atoms with Gasteiger partial charge in [0.2, 0.25) is 5.91 Å². The molecule has 5 heteroatoms. The van der Waals surface area contributed by atoms with Crippen LogP contribution in [0.3, 0.4) is 0 Å². The zero-order valence-electron chi connectivity index (χ0n) is 7.13. The van der Waals surface area contributed by atoms with E-state index >= 15 is 0 Å². The summed E-state index contributed by atoms with van der Waals surface area (Å²) in [7, 11) is 0. The smallest absolute Gasteiger partial charge is 0.229 e. The standard InChI is InChI=1S/C8H9BrN2OS/c1-4-6(9)13-8(10-4)11-7(12)5-2-3-5/h5H,2-3H2,1H3,(H,10,11,12). The Balaban J connectivity index is 2.04. The summed E-state index contributed by atoms with van der Waals surface area (Å²) in [5.74, 6) is 0.351. The van der Waals surface area contributed by atoms with Crippen LogP contribution in [0.15, 0.2) is 3.79 Å². The van der Waals surface area contributed by atoms with Gasteiger partial charge in [-0.05, 0) is 35.7 Å². The second-order valence-corrected chi connectivity index (χ2v) is 5.46. The van der Waals surface area contributed by atoms with Gasteiger partial charge < -0.3 is 5.32 Å². The van der Waals surface area contributed by atoms with Gasteiger partial charge in [0.05, 0.1) is 9.48 Å². The van der Waals surface area contributed by atoms with Gasteiger partial charge in [-0.25, -0.2) is 4.98 Å². The van der Waals surface area contributed by atoms with Crippen LogP contribution in [0.5, 0.6) is 0 Å². The number of amides is 1. The molecule has 0 bridgehead atoms.